The number of hydrogen-bond donors (Lipinski definition) is 0. The number of hydrogen-bond acceptors (Lipinski definition) is 10. The van der Waals surface area contributed by atoms with Crippen molar-refractivity contribution in [2.45, 2.75) is 99.9 Å². The summed E-state index contributed by atoms with van der Waals surface area (Å²) in [6.45, 7) is 21.7. The van der Waals surface area contributed by atoms with E-state index in [-0.39, 0.29) is 17.2 Å². The fourth-order valence-electron chi connectivity index (χ4n) is 6.61. The van der Waals surface area contributed by atoms with Crippen LogP contribution >= 0.6 is 0 Å². The zero-order chi connectivity index (χ0) is 50.8. The molecule has 0 unspecified atom stereocenters. The third-order valence-corrected chi connectivity index (χ3v) is 9.49. The summed E-state index contributed by atoms with van der Waals surface area (Å²) in [5.41, 5.74) is 6.57. The van der Waals surface area contributed by atoms with Crippen LogP contribution in [0.3, 0.4) is 0 Å². The van der Waals surface area contributed by atoms with Gasteiger partial charge in [0, 0.05) is 33.8 Å². The van der Waals surface area contributed by atoms with Crippen molar-refractivity contribution in [1.82, 2.24) is 0 Å². The Kier molecular flexibility index (Phi) is 15.8. The van der Waals surface area contributed by atoms with Crippen LogP contribution in [0.4, 0.5) is 31.4 Å². The first kappa shape index (κ1) is 51.0. The van der Waals surface area contributed by atoms with Crippen molar-refractivity contribution < 1.29 is 42.8 Å². The summed E-state index contributed by atoms with van der Waals surface area (Å²) in [7, 11) is 0. The fraction of sp³-hybridized carbons (Fsp3) is 0.250. The molecule has 0 aliphatic carbocycles. The fourth-order valence-corrected chi connectivity index (χ4v) is 6.61. The summed E-state index contributed by atoms with van der Waals surface area (Å²) in [6.07, 6.45) is -2.46. The van der Waals surface area contributed by atoms with E-state index in [1.165, 1.54) is 0 Å². The first-order valence-corrected chi connectivity index (χ1v) is 22.7. The van der Waals surface area contributed by atoms with Crippen LogP contribution in [0.25, 0.3) is 0 Å². The van der Waals surface area contributed by atoms with Crippen LogP contribution in [0, 0.1) is 56.3 Å². The monoisotopic (exact) mass is 935 g/mol. The number of anilines is 3. The molecule has 0 atom stereocenters. The van der Waals surface area contributed by atoms with Gasteiger partial charge in [-0.05, 0) is 191 Å². The molecule has 0 fully saturated rings. The average molecular weight is 936 g/mol. The van der Waals surface area contributed by atoms with Gasteiger partial charge in [0.05, 0.1) is 16.7 Å². The summed E-state index contributed by atoms with van der Waals surface area (Å²) < 4.78 is 33.0. The zero-order valence-corrected chi connectivity index (χ0v) is 41.7. The number of carbonyl (C=O) groups excluding carboxylic acids is 3. The molecule has 0 aromatic heterocycles. The molecular weight excluding hydrogens is 879 g/mol. The maximum Gasteiger partial charge on any atom is 0.514 e. The topological polar surface area (TPSA) is 110 Å². The standard InChI is InChI=1S/C60H57NO9/c1-40-22-31-52(65-55(62)68-58(4,5)6)46(34-40)28-25-43-16-13-19-49(37-43)61(50-20-14-17-44(38-50)26-29-47-35-41(2)23-32-53(47)66-56(63)69-59(7,8)9)51-21-15-18-45(39-51)27-30-48-36-42(3)24-33-54(48)67-57(64)70-60(10,11)12/h13-24,31-39H,1-12H3. The summed E-state index contributed by atoms with van der Waals surface area (Å²) in [5, 5.41) is 0. The minimum Gasteiger partial charge on any atom is -0.428 e. The highest BCUT2D eigenvalue weighted by Gasteiger charge is 2.22. The molecule has 6 rings (SSSR count). The van der Waals surface area contributed by atoms with E-state index in [1.807, 2.05) is 130 Å². The van der Waals surface area contributed by atoms with Gasteiger partial charge < -0.3 is 33.3 Å². The molecule has 0 aliphatic heterocycles. The number of benzene rings is 6. The third kappa shape index (κ3) is 15.6. The van der Waals surface area contributed by atoms with Crippen LogP contribution in [0.1, 0.15) is 112 Å². The lowest BCUT2D eigenvalue weighted by Crippen LogP contribution is -2.26. The predicted molar refractivity (Wildman–Crippen MR) is 273 cm³/mol. The van der Waals surface area contributed by atoms with Gasteiger partial charge >= 0.3 is 18.5 Å². The van der Waals surface area contributed by atoms with Gasteiger partial charge in [0.2, 0.25) is 0 Å². The number of ether oxygens (including phenoxy) is 6. The molecule has 356 valence electrons. The van der Waals surface area contributed by atoms with Gasteiger partial charge in [0.15, 0.2) is 0 Å². The quantitative estimate of drug-likeness (QED) is 0.0693. The SMILES string of the molecule is Cc1ccc(OC(=O)OC(C)(C)C)c(C#Cc2cccc(N(c3cccc(C#Cc4cc(C)ccc4OC(=O)OC(C)(C)C)c3)c3cccc(C#Cc4cc(C)ccc4OC(=O)OC(C)(C)C)c3)c2)c1. The van der Waals surface area contributed by atoms with Crippen LogP contribution in [0.5, 0.6) is 17.2 Å². The van der Waals surface area contributed by atoms with Crippen molar-refractivity contribution in [3.05, 3.63) is 177 Å². The highest BCUT2D eigenvalue weighted by molar-refractivity contribution is 5.79. The van der Waals surface area contributed by atoms with Gasteiger partial charge in [-0.3, -0.25) is 0 Å². The number of carbonyl (C=O) groups is 3. The van der Waals surface area contributed by atoms with Gasteiger partial charge in [0.1, 0.15) is 34.1 Å². The normalized spacial score (nSPS) is 11.0. The van der Waals surface area contributed by atoms with Crippen LogP contribution in [-0.4, -0.2) is 35.3 Å². The lowest BCUT2D eigenvalue weighted by Gasteiger charge is -2.26. The summed E-state index contributed by atoms with van der Waals surface area (Å²) in [4.78, 5) is 40.0. The molecule has 0 saturated heterocycles. The van der Waals surface area contributed by atoms with Crippen molar-refractivity contribution in [2.24, 2.45) is 0 Å². The molecule has 10 heteroatoms. The van der Waals surface area contributed by atoms with Crippen molar-refractivity contribution >= 4 is 35.5 Å². The zero-order valence-electron chi connectivity index (χ0n) is 41.7. The molecule has 0 amide bonds. The van der Waals surface area contributed by atoms with Gasteiger partial charge in [-0.2, -0.15) is 0 Å². The Morgan fingerprint density at radius 3 is 0.900 bits per heavy atom. The largest absolute Gasteiger partial charge is 0.514 e. The second-order valence-electron chi connectivity index (χ2n) is 19.4. The number of rotatable bonds is 6. The molecule has 70 heavy (non-hydrogen) atoms. The highest BCUT2D eigenvalue weighted by Crippen LogP contribution is 2.36. The van der Waals surface area contributed by atoms with Crippen LogP contribution in [0.15, 0.2) is 127 Å². The molecule has 10 nitrogen and oxygen atoms in total. The Hall–Kier alpha value is -8.39. The lowest BCUT2D eigenvalue weighted by atomic mass is 10.1. The summed E-state index contributed by atoms with van der Waals surface area (Å²) in [5.74, 6) is 20.3. The number of nitrogens with zero attached hydrogens (tertiary/aromatic N) is 1. The average Bonchev–Trinajstić information content (AvgIpc) is 3.25. The molecule has 0 spiro atoms. The van der Waals surface area contributed by atoms with Gasteiger partial charge in [0.25, 0.3) is 0 Å². The van der Waals surface area contributed by atoms with Gasteiger partial charge in [-0.1, -0.05) is 71.9 Å². The predicted octanol–water partition coefficient (Wildman–Crippen LogP) is 14.2. The Balaban J connectivity index is 1.42. The first-order valence-electron chi connectivity index (χ1n) is 22.7. The van der Waals surface area contributed by atoms with E-state index < -0.39 is 35.3 Å². The van der Waals surface area contributed by atoms with Crippen molar-refractivity contribution in [3.63, 3.8) is 0 Å². The van der Waals surface area contributed by atoms with E-state index in [2.05, 4.69) is 40.4 Å². The maximum absolute atomic E-state index is 12.7. The van der Waals surface area contributed by atoms with Crippen LogP contribution in [0.2, 0.25) is 0 Å². The Bertz CT molecular complexity index is 2790. The van der Waals surface area contributed by atoms with Crippen molar-refractivity contribution in [1.29, 1.82) is 0 Å². The second kappa shape index (κ2) is 21.7. The van der Waals surface area contributed by atoms with E-state index in [0.29, 0.717) is 33.4 Å². The minimum atomic E-state index is -0.821. The Morgan fingerprint density at radius 2 is 0.643 bits per heavy atom. The second-order valence-corrected chi connectivity index (χ2v) is 19.4. The molecule has 0 aliphatic rings. The maximum atomic E-state index is 12.7. The van der Waals surface area contributed by atoms with E-state index in [1.54, 1.807) is 80.5 Å². The van der Waals surface area contributed by atoms with E-state index in [9.17, 15) is 14.4 Å². The highest BCUT2D eigenvalue weighted by atomic mass is 16.7. The van der Waals surface area contributed by atoms with Crippen molar-refractivity contribution in [3.8, 4) is 52.8 Å². The van der Waals surface area contributed by atoms with E-state index in [0.717, 1.165) is 33.8 Å². The smallest absolute Gasteiger partial charge is 0.428 e. The Morgan fingerprint density at radius 1 is 0.371 bits per heavy atom. The molecule has 6 aromatic carbocycles. The third-order valence-electron chi connectivity index (χ3n) is 9.49. The van der Waals surface area contributed by atoms with Crippen LogP contribution < -0.4 is 19.1 Å². The molecule has 0 N–H and O–H groups in total. The number of aryl methyl sites for hydroxylation is 3. The molecule has 0 heterocycles. The van der Waals surface area contributed by atoms with Gasteiger partial charge in [-0.15, -0.1) is 0 Å². The van der Waals surface area contributed by atoms with E-state index in [4.69, 9.17) is 28.4 Å². The van der Waals surface area contributed by atoms with Gasteiger partial charge in [-0.25, -0.2) is 14.4 Å². The molecule has 0 saturated carbocycles. The Labute approximate surface area is 411 Å². The molecule has 0 bridgehead atoms. The lowest BCUT2D eigenvalue weighted by molar-refractivity contribution is 0.0192. The van der Waals surface area contributed by atoms with E-state index >= 15 is 0 Å². The molecule has 6 aromatic rings. The van der Waals surface area contributed by atoms with Crippen molar-refractivity contribution in [2.75, 3.05) is 4.90 Å². The molecule has 0 radical (unpaired) electrons. The minimum absolute atomic E-state index is 0.282. The van der Waals surface area contributed by atoms with Crippen LogP contribution in [-0.2, 0) is 14.2 Å². The molecular formula is C60H57NO9. The summed E-state index contributed by atoms with van der Waals surface area (Å²) in [6, 6.07) is 39.5. The first-order chi connectivity index (χ1) is 32.9. The summed E-state index contributed by atoms with van der Waals surface area (Å²) >= 11 is 0.